The highest BCUT2D eigenvalue weighted by Crippen LogP contribution is 2.62. The molecule has 290 valence electrons. The van der Waals surface area contributed by atoms with Crippen molar-refractivity contribution in [3.05, 3.63) is 81.9 Å². The van der Waals surface area contributed by atoms with Crippen molar-refractivity contribution >= 4 is 5.78 Å². The van der Waals surface area contributed by atoms with Crippen LogP contribution in [0.25, 0.3) is 0 Å². The van der Waals surface area contributed by atoms with Crippen LogP contribution in [0.1, 0.15) is 129 Å². The fraction of sp³-hybridized carbons (Fsp3) is 0.659. The molecule has 0 aliphatic heterocycles. The average Bonchev–Trinajstić information content (AvgIpc) is 3.34. The van der Waals surface area contributed by atoms with Crippen molar-refractivity contribution < 1.29 is 38.4 Å². The van der Waals surface area contributed by atoms with Gasteiger partial charge in [0.25, 0.3) is 0 Å². The minimum atomic E-state index is -4.60. The Morgan fingerprint density at radius 2 is 1.68 bits per heavy atom. The van der Waals surface area contributed by atoms with Gasteiger partial charge in [-0.2, -0.15) is 13.2 Å². The minimum Gasteiger partial charge on any atom is -0.394 e. The molecule has 53 heavy (non-hydrogen) atoms. The summed E-state index contributed by atoms with van der Waals surface area (Å²) in [5.41, 5.74) is 0.216. The summed E-state index contributed by atoms with van der Waals surface area (Å²) in [5, 5.41) is 44.8. The van der Waals surface area contributed by atoms with Crippen molar-refractivity contribution in [2.24, 2.45) is 28.6 Å². The quantitative estimate of drug-likeness (QED) is 0.155. The van der Waals surface area contributed by atoms with Gasteiger partial charge in [-0.25, -0.2) is 0 Å². The van der Waals surface area contributed by atoms with Crippen LogP contribution >= 0.6 is 0 Å². The maximum atomic E-state index is 14.4. The van der Waals surface area contributed by atoms with Crippen molar-refractivity contribution in [2.45, 2.75) is 127 Å². The zero-order valence-electron chi connectivity index (χ0n) is 31.4. The smallest absolute Gasteiger partial charge is 0.394 e. The molecule has 7 aliphatic carbocycles. The number of nitrogens with zero attached hydrogens (tertiary/aromatic N) is 1. The average molecular weight is 738 g/mol. The zero-order chi connectivity index (χ0) is 37.8. The highest BCUT2D eigenvalue weighted by Gasteiger charge is 2.58. The van der Waals surface area contributed by atoms with E-state index in [1.54, 1.807) is 6.07 Å². The van der Waals surface area contributed by atoms with Gasteiger partial charge in [0.15, 0.2) is 5.78 Å². The molecule has 0 amide bonds. The number of allylic oxidation sites excluding steroid dienone is 2. The number of benzene rings is 2. The molecule has 0 aromatic heterocycles. The number of rotatable bonds is 9. The summed E-state index contributed by atoms with van der Waals surface area (Å²) in [4.78, 5) is 16.6. The van der Waals surface area contributed by atoms with E-state index in [-0.39, 0.29) is 30.0 Å². The van der Waals surface area contributed by atoms with E-state index < -0.39 is 40.7 Å². The van der Waals surface area contributed by atoms with Crippen molar-refractivity contribution in [3.63, 3.8) is 0 Å². The fourth-order valence-corrected chi connectivity index (χ4v) is 12.1. The molecule has 0 heterocycles. The Kier molecular flexibility index (Phi) is 10.8. The first-order valence-electron chi connectivity index (χ1n) is 20.0. The normalized spacial score (nSPS) is 34.9. The van der Waals surface area contributed by atoms with Crippen LogP contribution in [0.15, 0.2) is 54.1 Å². The molecule has 7 aliphatic rings. The summed E-state index contributed by atoms with van der Waals surface area (Å²) in [6.45, 7) is 5.18. The van der Waals surface area contributed by atoms with Crippen molar-refractivity contribution in [1.29, 1.82) is 0 Å². The fourth-order valence-electron chi connectivity index (χ4n) is 12.1. The van der Waals surface area contributed by atoms with Gasteiger partial charge in [0.2, 0.25) is 0 Å². The molecule has 4 N–H and O–H groups in total. The maximum absolute atomic E-state index is 14.4. The third kappa shape index (κ3) is 7.93. The molecule has 9 rings (SSSR count). The molecule has 5 fully saturated rings. The Hall–Kier alpha value is -2.56. The van der Waals surface area contributed by atoms with Crippen LogP contribution in [-0.2, 0) is 12.6 Å². The van der Waals surface area contributed by atoms with Crippen LogP contribution in [0.5, 0.6) is 0 Å². The largest absolute Gasteiger partial charge is 0.416 e. The van der Waals surface area contributed by atoms with Crippen LogP contribution in [0.4, 0.5) is 13.2 Å². The van der Waals surface area contributed by atoms with Gasteiger partial charge in [-0.05, 0) is 149 Å². The Morgan fingerprint density at radius 1 is 0.981 bits per heavy atom. The second kappa shape index (κ2) is 14.8. The molecule has 5 saturated carbocycles. The van der Waals surface area contributed by atoms with Gasteiger partial charge in [-0.15, -0.1) is 0 Å². The van der Waals surface area contributed by atoms with Crippen LogP contribution in [-0.4, -0.2) is 75.2 Å². The van der Waals surface area contributed by atoms with Gasteiger partial charge in [0.1, 0.15) is 0 Å². The number of aliphatic hydroxyl groups is 4. The number of carbonyl (C=O) groups is 1. The topological polar surface area (TPSA) is 101 Å². The van der Waals surface area contributed by atoms with Crippen LogP contribution in [0, 0.1) is 28.6 Å². The number of fused-ring (bicyclic) bond motifs is 8. The highest BCUT2D eigenvalue weighted by atomic mass is 19.4. The first-order chi connectivity index (χ1) is 25.1. The molecule has 0 saturated heterocycles. The summed E-state index contributed by atoms with van der Waals surface area (Å²) < 4.78 is 41.3. The van der Waals surface area contributed by atoms with E-state index in [0.29, 0.717) is 62.6 Å². The van der Waals surface area contributed by atoms with E-state index in [1.807, 2.05) is 12.1 Å². The Labute approximate surface area is 312 Å². The van der Waals surface area contributed by atoms with Gasteiger partial charge in [-0.1, -0.05) is 42.8 Å². The highest BCUT2D eigenvalue weighted by molar-refractivity contribution is 6.10. The standard InChI is InChI=1S/C44H58F3NO5/c1-28-5-4-13-41(2)39(12-14-43(41,53)27-48(24-36(51)25-49)26-42-21-30-15-31(22-42)17-32(16-30)23-42)37-11-9-29(18-35(50)10-8-28)19-38(37)40(52)33-6-3-7-34(20-33)44(45,46)47/h3,5-7,9,11,19-20,30-32,35-36,39,49-51,53H,4,8,10,12-18,21-27H2,1-2H3/t30?,31?,32?,35-,36-,39-,41-,42?,43+/m0/s1. The molecule has 0 unspecified atom stereocenters. The Bertz CT molecular complexity index is 1650. The van der Waals surface area contributed by atoms with Crippen molar-refractivity contribution in [1.82, 2.24) is 4.90 Å². The second-order valence-corrected chi connectivity index (χ2v) is 18.3. The number of ketones is 1. The second-order valence-electron chi connectivity index (χ2n) is 18.3. The maximum Gasteiger partial charge on any atom is 0.416 e. The number of alkyl halides is 3. The third-order valence-corrected chi connectivity index (χ3v) is 14.3. The van der Waals surface area contributed by atoms with E-state index in [9.17, 15) is 38.4 Å². The lowest BCUT2D eigenvalue weighted by Gasteiger charge is -2.58. The predicted molar refractivity (Wildman–Crippen MR) is 198 cm³/mol. The van der Waals surface area contributed by atoms with Gasteiger partial charge in [0.05, 0.1) is 30.0 Å². The van der Waals surface area contributed by atoms with Crippen LogP contribution in [0.2, 0.25) is 0 Å². The SMILES string of the molecule is CC1=CCC[C@@]2(C)[C@@H](CC[C@@]2(O)CN(C[C@H](O)CO)CC23CC4CC(CC(C4)C2)C3)c2ccc(cc2C(=O)c2cccc(C(F)(F)F)c2)C[C@@H](O)CC1. The summed E-state index contributed by atoms with van der Waals surface area (Å²) >= 11 is 0. The number of halogens is 3. The third-order valence-electron chi connectivity index (χ3n) is 14.3. The lowest BCUT2D eigenvalue weighted by atomic mass is 9.49. The Morgan fingerprint density at radius 3 is 2.34 bits per heavy atom. The lowest BCUT2D eigenvalue weighted by Crippen LogP contribution is -2.57. The van der Waals surface area contributed by atoms with E-state index >= 15 is 0 Å². The summed E-state index contributed by atoms with van der Waals surface area (Å²) in [5.74, 6) is 1.45. The minimum absolute atomic E-state index is 0.0480. The zero-order valence-corrected chi connectivity index (χ0v) is 31.4. The molecule has 5 atom stereocenters. The monoisotopic (exact) mass is 737 g/mol. The van der Waals surface area contributed by atoms with Gasteiger partial charge >= 0.3 is 6.18 Å². The van der Waals surface area contributed by atoms with E-state index in [2.05, 4.69) is 24.8 Å². The molecule has 9 heteroatoms. The summed E-state index contributed by atoms with van der Waals surface area (Å²) in [6.07, 6.45) is 7.37. The van der Waals surface area contributed by atoms with E-state index in [0.717, 1.165) is 42.0 Å². The van der Waals surface area contributed by atoms with Gasteiger partial charge < -0.3 is 20.4 Å². The van der Waals surface area contributed by atoms with E-state index in [4.69, 9.17) is 0 Å². The molecular formula is C44H58F3NO5. The number of hydrogen-bond donors (Lipinski definition) is 4. The molecule has 2 aromatic rings. The predicted octanol–water partition coefficient (Wildman–Crippen LogP) is 7.85. The molecule has 0 spiro atoms. The van der Waals surface area contributed by atoms with Crippen LogP contribution in [0.3, 0.4) is 0 Å². The van der Waals surface area contributed by atoms with Gasteiger partial charge in [-0.3, -0.25) is 9.69 Å². The summed E-state index contributed by atoms with van der Waals surface area (Å²) in [6, 6.07) is 10.2. The number of hydrogen-bond acceptors (Lipinski definition) is 6. The van der Waals surface area contributed by atoms with E-state index in [1.165, 1.54) is 56.2 Å². The first-order valence-corrected chi connectivity index (χ1v) is 20.0. The lowest BCUT2D eigenvalue weighted by molar-refractivity contribution is -0.137. The molecular weight excluding hydrogens is 679 g/mol. The Balaban J connectivity index is 1.27. The van der Waals surface area contributed by atoms with Crippen molar-refractivity contribution in [3.8, 4) is 0 Å². The summed E-state index contributed by atoms with van der Waals surface area (Å²) in [7, 11) is 0. The molecule has 0 radical (unpaired) electrons. The molecule has 2 aromatic carbocycles. The number of aliphatic hydroxyl groups excluding tert-OH is 3. The molecule has 6 nitrogen and oxygen atoms in total. The molecule has 6 bridgehead atoms. The first kappa shape index (κ1) is 38.7. The number of carbonyl (C=O) groups excluding carboxylic acids is 1. The van der Waals surface area contributed by atoms with Crippen LogP contribution < -0.4 is 0 Å². The van der Waals surface area contributed by atoms with Gasteiger partial charge in [0, 0.05) is 36.2 Å². The van der Waals surface area contributed by atoms with Crippen molar-refractivity contribution in [2.75, 3.05) is 26.2 Å².